The first-order valence-corrected chi connectivity index (χ1v) is 8.63. The topological polar surface area (TPSA) is 78.0 Å². The number of aliphatic hydroxyl groups is 1. The van der Waals surface area contributed by atoms with Crippen LogP contribution in [0.3, 0.4) is 0 Å². The Morgan fingerprint density at radius 2 is 1.93 bits per heavy atom. The molecule has 2 aromatic rings. The predicted molar refractivity (Wildman–Crippen MR) is 94.4 cm³/mol. The molecule has 0 fully saturated rings. The van der Waals surface area contributed by atoms with Gasteiger partial charge in [-0.2, -0.15) is 18.3 Å². The number of amides is 1. The highest BCUT2D eigenvalue weighted by atomic mass is 19.4. The molecule has 0 saturated carbocycles. The van der Waals surface area contributed by atoms with Gasteiger partial charge in [-0.05, 0) is 16.5 Å². The van der Waals surface area contributed by atoms with E-state index in [4.69, 9.17) is 0 Å². The minimum absolute atomic E-state index is 0.121. The van der Waals surface area contributed by atoms with Crippen molar-refractivity contribution in [3.8, 4) is 0 Å². The molecule has 1 aromatic heterocycles. The molecule has 2 unspecified atom stereocenters. The van der Waals surface area contributed by atoms with E-state index in [2.05, 4.69) is 15.5 Å². The fraction of sp³-hybridized carbons (Fsp3) is 0.474. The van der Waals surface area contributed by atoms with Crippen molar-refractivity contribution in [2.45, 2.75) is 57.2 Å². The normalized spacial score (nSPS) is 21.6. The highest BCUT2D eigenvalue weighted by Gasteiger charge is 2.60. The Labute approximate surface area is 155 Å². The summed E-state index contributed by atoms with van der Waals surface area (Å²) in [6.45, 7) is 7.88. The second-order valence-corrected chi connectivity index (χ2v) is 8.04. The van der Waals surface area contributed by atoms with Crippen LogP contribution in [0.15, 0.2) is 24.3 Å². The van der Waals surface area contributed by atoms with Gasteiger partial charge in [-0.15, -0.1) is 0 Å². The van der Waals surface area contributed by atoms with E-state index < -0.39 is 35.6 Å². The minimum atomic E-state index is -5.01. The van der Waals surface area contributed by atoms with Crippen LogP contribution in [0.1, 0.15) is 62.4 Å². The average molecular weight is 381 g/mol. The quantitative estimate of drug-likeness (QED) is 0.737. The van der Waals surface area contributed by atoms with Crippen molar-refractivity contribution in [1.82, 2.24) is 10.2 Å². The van der Waals surface area contributed by atoms with Crippen molar-refractivity contribution in [2.75, 3.05) is 5.32 Å². The van der Waals surface area contributed by atoms with Gasteiger partial charge in [-0.1, -0.05) is 52.0 Å². The Bertz CT molecular complexity index is 883. The molecule has 2 heterocycles. The number of halogens is 3. The highest BCUT2D eigenvalue weighted by molar-refractivity contribution is 5.94. The van der Waals surface area contributed by atoms with Crippen molar-refractivity contribution in [3.05, 3.63) is 46.6 Å². The molecule has 1 aliphatic heterocycles. The summed E-state index contributed by atoms with van der Waals surface area (Å²) in [6.07, 6.45) is -6.10. The summed E-state index contributed by atoms with van der Waals surface area (Å²) in [5.41, 5.74) is -1.85. The molecule has 3 N–H and O–H groups in total. The third kappa shape index (κ3) is 3.22. The molecule has 8 heteroatoms. The average Bonchev–Trinajstić information content (AvgIpc) is 2.96. The molecule has 27 heavy (non-hydrogen) atoms. The van der Waals surface area contributed by atoms with Crippen molar-refractivity contribution >= 4 is 11.7 Å². The van der Waals surface area contributed by atoms with Crippen LogP contribution in [-0.2, 0) is 15.8 Å². The number of carbonyl (C=O) groups is 1. The molecule has 1 amide bonds. The van der Waals surface area contributed by atoms with Crippen LogP contribution >= 0.6 is 0 Å². The number of benzene rings is 1. The molecule has 1 aliphatic rings. The molecule has 2 atom stereocenters. The van der Waals surface area contributed by atoms with Gasteiger partial charge in [0.15, 0.2) is 11.4 Å². The van der Waals surface area contributed by atoms with Gasteiger partial charge < -0.3 is 10.4 Å². The van der Waals surface area contributed by atoms with E-state index in [1.165, 1.54) is 0 Å². The summed E-state index contributed by atoms with van der Waals surface area (Å²) in [4.78, 5) is 11.7. The van der Waals surface area contributed by atoms with Crippen molar-refractivity contribution in [1.29, 1.82) is 0 Å². The summed E-state index contributed by atoms with van der Waals surface area (Å²) in [5, 5.41) is 19.2. The Morgan fingerprint density at radius 3 is 2.52 bits per heavy atom. The Hall–Kier alpha value is -2.35. The maximum Gasteiger partial charge on any atom is 0.422 e. The van der Waals surface area contributed by atoms with Crippen LogP contribution < -0.4 is 5.32 Å². The van der Waals surface area contributed by atoms with E-state index in [1.54, 1.807) is 6.92 Å². The lowest BCUT2D eigenvalue weighted by atomic mass is 9.80. The Kier molecular flexibility index (Phi) is 4.38. The van der Waals surface area contributed by atoms with Crippen LogP contribution in [0.4, 0.5) is 19.0 Å². The summed E-state index contributed by atoms with van der Waals surface area (Å²) in [5.74, 6) is -1.70. The summed E-state index contributed by atoms with van der Waals surface area (Å²) in [6, 6.07) is 7.57. The third-order valence-corrected chi connectivity index (χ3v) is 5.04. The number of nitrogens with zero attached hydrogens (tertiary/aromatic N) is 1. The van der Waals surface area contributed by atoms with Gasteiger partial charge in [-0.3, -0.25) is 9.89 Å². The van der Waals surface area contributed by atoms with Crippen molar-refractivity contribution < 1.29 is 23.1 Å². The van der Waals surface area contributed by atoms with E-state index in [0.29, 0.717) is 0 Å². The van der Waals surface area contributed by atoms with Gasteiger partial charge in [0.2, 0.25) is 5.91 Å². The monoisotopic (exact) mass is 381 g/mol. The summed E-state index contributed by atoms with van der Waals surface area (Å²) in [7, 11) is 0. The van der Waals surface area contributed by atoms with Crippen LogP contribution in [0, 0.1) is 0 Å². The number of hydrogen-bond acceptors (Lipinski definition) is 3. The van der Waals surface area contributed by atoms with Gasteiger partial charge in [0.25, 0.3) is 0 Å². The van der Waals surface area contributed by atoms with Gasteiger partial charge in [0.05, 0.1) is 17.7 Å². The molecule has 0 spiro atoms. The van der Waals surface area contributed by atoms with Crippen LogP contribution in [0.25, 0.3) is 0 Å². The lowest BCUT2D eigenvalue weighted by molar-refractivity contribution is -0.267. The number of carbonyl (C=O) groups excluding carboxylic acids is 1. The number of aromatic amines is 1. The molecule has 146 valence electrons. The number of rotatable bonds is 2. The number of aromatic nitrogens is 2. The standard InChI is InChI=1S/C19H22F3N3O2/c1-10(11-6-5-7-12(8-11)17(2,3)4)15-14-16(25-24-15)23-13(26)9-18(14,27)19(20,21)22/h5-8,10,27H,9H2,1-4H3,(H2,23,24,25,26). The number of hydrogen-bond donors (Lipinski definition) is 3. The molecular formula is C19H22F3N3O2. The second-order valence-electron chi connectivity index (χ2n) is 8.04. The SMILES string of the molecule is CC(c1cccc(C(C)(C)C)c1)c1[nH]nc2c1C(O)(C(F)(F)F)CC(=O)N2. The molecule has 0 saturated heterocycles. The van der Waals surface area contributed by atoms with Gasteiger partial charge in [0, 0.05) is 5.92 Å². The number of H-pyrrole nitrogens is 1. The lowest BCUT2D eigenvalue weighted by Crippen LogP contribution is -2.48. The van der Waals surface area contributed by atoms with Crippen LogP contribution in [-0.4, -0.2) is 27.4 Å². The maximum atomic E-state index is 13.6. The second kappa shape index (κ2) is 6.09. The molecule has 1 aromatic carbocycles. The number of alkyl halides is 3. The van der Waals surface area contributed by atoms with Gasteiger partial charge in [-0.25, -0.2) is 0 Å². The zero-order chi connectivity index (χ0) is 20.2. The molecule has 0 aliphatic carbocycles. The number of anilines is 1. The Morgan fingerprint density at radius 1 is 1.26 bits per heavy atom. The van der Waals surface area contributed by atoms with Gasteiger partial charge in [0.1, 0.15) is 0 Å². The fourth-order valence-corrected chi connectivity index (χ4v) is 3.36. The third-order valence-electron chi connectivity index (χ3n) is 5.04. The number of nitrogens with one attached hydrogen (secondary N) is 2. The van der Waals surface area contributed by atoms with E-state index >= 15 is 0 Å². The summed E-state index contributed by atoms with van der Waals surface area (Å²) < 4.78 is 40.9. The predicted octanol–water partition coefficient (Wildman–Crippen LogP) is 3.95. The lowest BCUT2D eigenvalue weighted by Gasteiger charge is -2.34. The van der Waals surface area contributed by atoms with Crippen molar-refractivity contribution in [3.63, 3.8) is 0 Å². The van der Waals surface area contributed by atoms with E-state index in [9.17, 15) is 23.1 Å². The van der Waals surface area contributed by atoms with E-state index in [-0.39, 0.29) is 16.9 Å². The smallest absolute Gasteiger partial charge is 0.376 e. The van der Waals surface area contributed by atoms with E-state index in [1.807, 2.05) is 45.0 Å². The largest absolute Gasteiger partial charge is 0.422 e. The van der Waals surface area contributed by atoms with Crippen molar-refractivity contribution in [2.24, 2.45) is 0 Å². The molecular weight excluding hydrogens is 359 g/mol. The van der Waals surface area contributed by atoms with Crippen LogP contribution in [0.2, 0.25) is 0 Å². The Balaban J connectivity index is 2.12. The maximum absolute atomic E-state index is 13.6. The van der Waals surface area contributed by atoms with Gasteiger partial charge >= 0.3 is 6.18 Å². The first-order valence-electron chi connectivity index (χ1n) is 8.63. The fourth-order valence-electron chi connectivity index (χ4n) is 3.36. The first kappa shape index (κ1) is 19.4. The number of fused-ring (bicyclic) bond motifs is 1. The summed E-state index contributed by atoms with van der Waals surface area (Å²) >= 11 is 0. The first-order chi connectivity index (χ1) is 12.3. The molecule has 0 radical (unpaired) electrons. The highest BCUT2D eigenvalue weighted by Crippen LogP contribution is 2.49. The minimum Gasteiger partial charge on any atom is -0.376 e. The van der Waals surface area contributed by atoms with E-state index in [0.717, 1.165) is 11.1 Å². The zero-order valence-electron chi connectivity index (χ0n) is 15.5. The molecule has 0 bridgehead atoms. The molecule has 3 rings (SSSR count). The molecule has 5 nitrogen and oxygen atoms in total. The van der Waals surface area contributed by atoms with Crippen LogP contribution in [0.5, 0.6) is 0 Å². The zero-order valence-corrected chi connectivity index (χ0v) is 15.5.